The van der Waals surface area contributed by atoms with E-state index in [1.54, 1.807) is 12.1 Å². The van der Waals surface area contributed by atoms with Gasteiger partial charge in [-0.25, -0.2) is 0 Å². The van der Waals surface area contributed by atoms with E-state index in [0.717, 1.165) is 110 Å². The van der Waals surface area contributed by atoms with Gasteiger partial charge in [-0.1, -0.05) is 37.3 Å². The standard InChI is InChI=1S/C38H65ClN6O9/c1-54-33-23-30(40)29(39)22-28(33)38(53)43-27-14-20-45(21-15-27)17-9-5-7-11-35(50)42-26-12-18-44(19-13-26)16-8-4-2-3-6-10-34(49)41-24-31(47)36(51)37(52)32(48)25-46/h22-23,26-27,31-32,36-37,46-48,51-52H,2-21,24-25,40H2,1H3,(H,41,49)(H,42,50)(H,43,53)/t31-,32+,36+,37+/m0/s1. The molecule has 0 radical (unpaired) electrons. The minimum atomic E-state index is -1.71. The van der Waals surface area contributed by atoms with Crippen LogP contribution in [0.5, 0.6) is 5.75 Å². The van der Waals surface area contributed by atoms with Crippen molar-refractivity contribution in [2.45, 2.75) is 126 Å². The number of methoxy groups -OCH3 is 1. The van der Waals surface area contributed by atoms with Crippen LogP contribution in [0, 0.1) is 0 Å². The highest BCUT2D eigenvalue weighted by Gasteiger charge is 2.30. The first-order valence-electron chi connectivity index (χ1n) is 19.7. The second kappa shape index (κ2) is 24.7. The summed E-state index contributed by atoms with van der Waals surface area (Å²) in [4.78, 5) is 42.4. The van der Waals surface area contributed by atoms with Crippen molar-refractivity contribution < 1.29 is 44.7 Å². The molecule has 2 heterocycles. The van der Waals surface area contributed by atoms with E-state index in [1.807, 2.05) is 0 Å². The number of piperidine rings is 2. The molecule has 1 aromatic carbocycles. The van der Waals surface area contributed by atoms with E-state index in [1.165, 1.54) is 7.11 Å². The van der Waals surface area contributed by atoms with Crippen molar-refractivity contribution in [1.82, 2.24) is 25.8 Å². The van der Waals surface area contributed by atoms with Gasteiger partial charge < -0.3 is 61.8 Å². The van der Waals surface area contributed by atoms with E-state index in [9.17, 15) is 34.8 Å². The summed E-state index contributed by atoms with van der Waals surface area (Å²) in [6, 6.07) is 3.45. The number of nitrogen functional groups attached to an aromatic ring is 1. The Balaban J connectivity index is 1.13. The summed E-state index contributed by atoms with van der Waals surface area (Å²) >= 11 is 6.13. The van der Waals surface area contributed by atoms with Gasteiger partial charge in [0, 0.05) is 63.7 Å². The first kappa shape index (κ1) is 45.6. The van der Waals surface area contributed by atoms with Crippen molar-refractivity contribution >= 4 is 35.0 Å². The molecule has 16 heteroatoms. The van der Waals surface area contributed by atoms with Crippen molar-refractivity contribution in [1.29, 1.82) is 0 Å². The first-order chi connectivity index (χ1) is 25.9. The quantitative estimate of drug-likeness (QED) is 0.0532. The normalized spacial score (nSPS) is 18.4. The molecule has 2 aliphatic heterocycles. The second-order valence-electron chi connectivity index (χ2n) is 14.8. The number of aliphatic hydroxyl groups excluding tert-OH is 5. The number of anilines is 1. The fourth-order valence-electron chi connectivity index (χ4n) is 7.02. The van der Waals surface area contributed by atoms with Gasteiger partial charge in [0.25, 0.3) is 5.91 Å². The molecule has 1 aromatic rings. The predicted molar refractivity (Wildman–Crippen MR) is 207 cm³/mol. The number of ether oxygens (including phenoxy) is 1. The Hall–Kier alpha value is -2.76. The zero-order valence-electron chi connectivity index (χ0n) is 31.9. The number of rotatable bonds is 24. The molecule has 4 atom stereocenters. The van der Waals surface area contributed by atoms with Crippen LogP contribution in [0.15, 0.2) is 12.1 Å². The Morgan fingerprint density at radius 2 is 1.28 bits per heavy atom. The summed E-state index contributed by atoms with van der Waals surface area (Å²) < 4.78 is 5.32. The molecule has 3 rings (SSSR count). The molecule has 54 heavy (non-hydrogen) atoms. The Kier molecular flexibility index (Phi) is 20.9. The van der Waals surface area contributed by atoms with Crippen LogP contribution in [0.2, 0.25) is 5.02 Å². The van der Waals surface area contributed by atoms with Crippen LogP contribution in [0.4, 0.5) is 5.69 Å². The number of unbranched alkanes of at least 4 members (excludes halogenated alkanes) is 6. The largest absolute Gasteiger partial charge is 0.496 e. The molecule has 308 valence electrons. The van der Waals surface area contributed by atoms with E-state index in [0.29, 0.717) is 41.3 Å². The fourth-order valence-corrected chi connectivity index (χ4v) is 7.18. The number of carbonyl (C=O) groups excluding carboxylic acids is 3. The number of carbonyl (C=O) groups is 3. The summed E-state index contributed by atoms with van der Waals surface area (Å²) in [6.07, 6.45) is 5.81. The third-order valence-electron chi connectivity index (χ3n) is 10.5. The number of nitrogens with zero attached hydrogens (tertiary/aromatic N) is 2. The third-order valence-corrected chi connectivity index (χ3v) is 10.9. The van der Waals surface area contributed by atoms with Gasteiger partial charge in [0.05, 0.1) is 36.1 Å². The Morgan fingerprint density at radius 3 is 1.85 bits per heavy atom. The van der Waals surface area contributed by atoms with Crippen LogP contribution in [0.25, 0.3) is 0 Å². The molecule has 0 unspecified atom stereocenters. The molecule has 10 N–H and O–H groups in total. The summed E-state index contributed by atoms with van der Waals surface area (Å²) in [5.74, 6) is 0.0780. The number of benzene rings is 1. The van der Waals surface area contributed by atoms with E-state index >= 15 is 0 Å². The predicted octanol–water partition coefficient (Wildman–Crippen LogP) is 1.16. The molecule has 0 saturated carbocycles. The zero-order chi connectivity index (χ0) is 39.5. The Labute approximate surface area is 324 Å². The molecule has 0 aliphatic carbocycles. The van der Waals surface area contributed by atoms with Crippen LogP contribution in [0.1, 0.15) is 100 Å². The summed E-state index contributed by atoms with van der Waals surface area (Å²) in [7, 11) is 1.50. The molecule has 15 nitrogen and oxygen atoms in total. The van der Waals surface area contributed by atoms with E-state index in [2.05, 4.69) is 25.8 Å². The van der Waals surface area contributed by atoms with Crippen LogP contribution < -0.4 is 26.4 Å². The number of hydrogen-bond acceptors (Lipinski definition) is 12. The second-order valence-corrected chi connectivity index (χ2v) is 15.2. The fraction of sp³-hybridized carbons (Fsp3) is 0.763. The first-order valence-corrected chi connectivity index (χ1v) is 20.1. The average molecular weight is 785 g/mol. The van der Waals surface area contributed by atoms with Gasteiger partial charge in [-0.15, -0.1) is 0 Å². The van der Waals surface area contributed by atoms with Crippen LogP contribution in [-0.2, 0) is 9.59 Å². The highest BCUT2D eigenvalue weighted by molar-refractivity contribution is 6.33. The van der Waals surface area contributed by atoms with Gasteiger partial charge >= 0.3 is 0 Å². The third kappa shape index (κ3) is 16.1. The Morgan fingerprint density at radius 1 is 0.778 bits per heavy atom. The lowest BCUT2D eigenvalue weighted by Gasteiger charge is -2.32. The molecule has 0 aromatic heterocycles. The SMILES string of the molecule is COc1cc(N)c(Cl)cc1C(=O)NC1CCN(CCCCCC(=O)NC2CCN(CCCCCCCC(=O)NC[C@H](O)[C@@H](O)[C@H](O)[C@H](O)CO)CC2)CC1. The van der Waals surface area contributed by atoms with Crippen molar-refractivity contribution in [2.75, 3.05) is 65.3 Å². The minimum absolute atomic E-state index is 0.0908. The molecule has 0 bridgehead atoms. The molecule has 2 saturated heterocycles. The number of nitrogens with two attached hydrogens (primary N) is 1. The van der Waals surface area contributed by atoms with Crippen LogP contribution >= 0.6 is 11.6 Å². The van der Waals surface area contributed by atoms with Gasteiger partial charge in [0.15, 0.2) is 0 Å². The lowest BCUT2D eigenvalue weighted by Crippen LogP contribution is -2.49. The average Bonchev–Trinajstić information content (AvgIpc) is 3.17. The molecule has 3 amide bonds. The monoisotopic (exact) mass is 784 g/mol. The molecular formula is C38H65ClN6O9. The van der Waals surface area contributed by atoms with Crippen LogP contribution in [-0.4, -0.2) is 149 Å². The van der Waals surface area contributed by atoms with Gasteiger partial charge in [0.2, 0.25) is 11.8 Å². The summed E-state index contributed by atoms with van der Waals surface area (Å²) in [5.41, 5.74) is 6.59. The van der Waals surface area contributed by atoms with E-state index < -0.39 is 31.0 Å². The molecule has 2 fully saturated rings. The van der Waals surface area contributed by atoms with Crippen molar-refractivity contribution in [3.8, 4) is 5.75 Å². The van der Waals surface area contributed by atoms with Crippen LogP contribution in [0.3, 0.4) is 0 Å². The maximum Gasteiger partial charge on any atom is 0.255 e. The number of hydrogen-bond donors (Lipinski definition) is 9. The number of likely N-dealkylation sites (tertiary alicyclic amines) is 2. The number of nitrogens with one attached hydrogen (secondary N) is 3. The molecular weight excluding hydrogens is 720 g/mol. The maximum absolute atomic E-state index is 12.9. The number of halogens is 1. The lowest BCUT2D eigenvalue weighted by molar-refractivity contribution is -0.126. The number of amides is 3. The smallest absolute Gasteiger partial charge is 0.255 e. The summed E-state index contributed by atoms with van der Waals surface area (Å²) in [6.45, 7) is 4.80. The van der Waals surface area contributed by atoms with Gasteiger partial charge in [-0.3, -0.25) is 14.4 Å². The van der Waals surface area contributed by atoms with Crippen molar-refractivity contribution in [3.05, 3.63) is 22.7 Å². The van der Waals surface area contributed by atoms with Crippen molar-refractivity contribution in [3.63, 3.8) is 0 Å². The van der Waals surface area contributed by atoms with Gasteiger partial charge in [-0.05, 0) is 70.5 Å². The van der Waals surface area contributed by atoms with Gasteiger partial charge in [0.1, 0.15) is 24.1 Å². The molecule has 0 spiro atoms. The molecule has 2 aliphatic rings. The highest BCUT2D eigenvalue weighted by Crippen LogP contribution is 2.29. The lowest BCUT2D eigenvalue weighted by atomic mass is 10.0. The highest BCUT2D eigenvalue weighted by atomic mass is 35.5. The topological polar surface area (TPSA) is 230 Å². The minimum Gasteiger partial charge on any atom is -0.496 e. The zero-order valence-corrected chi connectivity index (χ0v) is 32.6. The maximum atomic E-state index is 12.9. The number of aliphatic hydroxyl groups is 5. The van der Waals surface area contributed by atoms with E-state index in [4.69, 9.17) is 27.2 Å². The van der Waals surface area contributed by atoms with E-state index in [-0.39, 0.29) is 36.3 Å². The van der Waals surface area contributed by atoms with Crippen molar-refractivity contribution in [2.24, 2.45) is 0 Å². The van der Waals surface area contributed by atoms with Gasteiger partial charge in [-0.2, -0.15) is 0 Å². The summed E-state index contributed by atoms with van der Waals surface area (Å²) in [5, 5.41) is 56.8. The Bertz CT molecular complexity index is 1280.